The number of hydrogen-bond acceptors (Lipinski definition) is 4. The first kappa shape index (κ1) is 24.0. The third-order valence-corrected chi connectivity index (χ3v) is 6.30. The fourth-order valence-corrected chi connectivity index (χ4v) is 4.40. The minimum absolute atomic E-state index is 0.0747. The largest absolute Gasteiger partial charge is 0.288 e. The predicted octanol–water partition coefficient (Wildman–Crippen LogP) is 4.16. The molecule has 6 nitrogen and oxygen atoms in total. The molecule has 0 saturated heterocycles. The van der Waals surface area contributed by atoms with Gasteiger partial charge >= 0.3 is 0 Å². The molecule has 0 unspecified atom stereocenters. The van der Waals surface area contributed by atoms with Gasteiger partial charge in [-0.05, 0) is 29.3 Å². The summed E-state index contributed by atoms with van der Waals surface area (Å²) < 4.78 is 82.3. The van der Waals surface area contributed by atoms with E-state index >= 15 is 0 Å². The van der Waals surface area contributed by atoms with Gasteiger partial charge in [0.15, 0.2) is 23.3 Å². The molecule has 0 aromatic heterocycles. The van der Waals surface area contributed by atoms with Crippen LogP contribution >= 0.6 is 0 Å². The maximum atomic E-state index is 14.3. The molecule has 0 bridgehead atoms. The lowest BCUT2D eigenvalue weighted by molar-refractivity contribution is -0.124. The van der Waals surface area contributed by atoms with Gasteiger partial charge in [0.1, 0.15) is 4.90 Å². The zero-order valence-electron chi connectivity index (χ0n) is 16.7. The Balaban J connectivity index is 2.02. The number of amides is 1. The van der Waals surface area contributed by atoms with Crippen molar-refractivity contribution in [1.82, 2.24) is 5.48 Å². The summed E-state index contributed by atoms with van der Waals surface area (Å²) >= 11 is 0. The lowest BCUT2D eigenvalue weighted by Gasteiger charge is -2.25. The first-order chi connectivity index (χ1) is 15.6. The summed E-state index contributed by atoms with van der Waals surface area (Å²) in [4.78, 5) is 9.72. The SMILES string of the molecule is O=C(/C=C/c1ccc(CN(c2ccccc2)S(=O)(=O)c2cc(F)c(F)c(F)c2F)cc1)NO. The van der Waals surface area contributed by atoms with E-state index in [1.54, 1.807) is 18.2 Å². The number of hydroxylamine groups is 1. The standard InChI is InChI=1S/C22H16F4N2O4S/c23-17-12-18(21(25)22(26)20(17)24)33(31,32)28(16-4-2-1-3-5-16)13-15-8-6-14(7-9-15)10-11-19(29)27-30/h1-12,30H,13H2,(H,27,29)/b11-10+. The highest BCUT2D eigenvalue weighted by molar-refractivity contribution is 7.92. The Morgan fingerprint density at radius 3 is 2.18 bits per heavy atom. The smallest absolute Gasteiger partial charge is 0.267 e. The molecule has 3 aromatic rings. The summed E-state index contributed by atoms with van der Waals surface area (Å²) in [5.74, 6) is -8.97. The average molecular weight is 480 g/mol. The van der Waals surface area contributed by atoms with Crippen LogP contribution < -0.4 is 9.79 Å². The third-order valence-electron chi connectivity index (χ3n) is 4.52. The Hall–Kier alpha value is -3.70. The van der Waals surface area contributed by atoms with Gasteiger partial charge in [0.25, 0.3) is 15.9 Å². The van der Waals surface area contributed by atoms with E-state index in [4.69, 9.17) is 5.21 Å². The van der Waals surface area contributed by atoms with Gasteiger partial charge in [-0.15, -0.1) is 0 Å². The van der Waals surface area contributed by atoms with Crippen LogP contribution in [0.5, 0.6) is 0 Å². The highest BCUT2D eigenvalue weighted by Crippen LogP contribution is 2.30. The molecule has 0 heterocycles. The molecule has 0 aliphatic rings. The van der Waals surface area contributed by atoms with Gasteiger partial charge < -0.3 is 0 Å². The van der Waals surface area contributed by atoms with Gasteiger partial charge in [-0.2, -0.15) is 0 Å². The van der Waals surface area contributed by atoms with Crippen molar-refractivity contribution in [3.63, 3.8) is 0 Å². The normalized spacial score (nSPS) is 11.5. The Bertz CT molecular complexity index is 1300. The third kappa shape index (κ3) is 5.21. The van der Waals surface area contributed by atoms with E-state index in [0.29, 0.717) is 11.1 Å². The number of carbonyl (C=O) groups is 1. The number of benzene rings is 3. The van der Waals surface area contributed by atoms with E-state index in [9.17, 15) is 30.8 Å². The Kier molecular flexibility index (Phi) is 7.14. The second-order valence-electron chi connectivity index (χ2n) is 6.70. The fourth-order valence-electron chi connectivity index (χ4n) is 2.88. The van der Waals surface area contributed by atoms with Gasteiger partial charge in [-0.1, -0.05) is 42.5 Å². The van der Waals surface area contributed by atoms with Crippen molar-refractivity contribution in [3.8, 4) is 0 Å². The molecule has 11 heteroatoms. The van der Waals surface area contributed by atoms with Crippen LogP contribution in [0.4, 0.5) is 23.2 Å². The van der Waals surface area contributed by atoms with Crippen molar-refractivity contribution in [1.29, 1.82) is 0 Å². The van der Waals surface area contributed by atoms with Crippen molar-refractivity contribution in [2.75, 3.05) is 4.31 Å². The Morgan fingerprint density at radius 2 is 1.58 bits per heavy atom. The van der Waals surface area contributed by atoms with Crippen LogP contribution in [0.2, 0.25) is 0 Å². The van der Waals surface area contributed by atoms with Gasteiger partial charge in [0.05, 0.1) is 12.2 Å². The summed E-state index contributed by atoms with van der Waals surface area (Å²) in [5, 5.41) is 8.50. The van der Waals surface area contributed by atoms with Crippen LogP contribution in [-0.4, -0.2) is 19.5 Å². The van der Waals surface area contributed by atoms with Crippen molar-refractivity contribution in [3.05, 3.63) is 101 Å². The van der Waals surface area contributed by atoms with Gasteiger partial charge in [0.2, 0.25) is 0 Å². The molecule has 2 N–H and O–H groups in total. The summed E-state index contributed by atoms with van der Waals surface area (Å²) in [5.41, 5.74) is 2.47. The molecule has 0 spiro atoms. The van der Waals surface area contributed by atoms with Crippen LogP contribution in [0.3, 0.4) is 0 Å². The first-order valence-corrected chi connectivity index (χ1v) is 10.7. The summed E-state index contributed by atoms with van der Waals surface area (Å²) in [6.07, 6.45) is 2.45. The van der Waals surface area contributed by atoms with E-state index in [1.807, 2.05) is 0 Å². The molecular weight excluding hydrogens is 464 g/mol. The topological polar surface area (TPSA) is 86.7 Å². The average Bonchev–Trinajstić information content (AvgIpc) is 2.82. The molecule has 0 aliphatic carbocycles. The van der Waals surface area contributed by atoms with E-state index < -0.39 is 44.1 Å². The molecule has 1 amide bonds. The van der Waals surface area contributed by atoms with Crippen molar-refractivity contribution < 1.29 is 36.0 Å². The quantitative estimate of drug-likeness (QED) is 0.133. The van der Waals surface area contributed by atoms with Gasteiger partial charge in [-0.3, -0.25) is 14.3 Å². The molecular formula is C22H16F4N2O4S. The number of nitrogens with zero attached hydrogens (tertiary/aromatic N) is 1. The van der Waals surface area contributed by atoms with Crippen LogP contribution in [0, 0.1) is 23.3 Å². The molecule has 0 radical (unpaired) electrons. The number of para-hydroxylation sites is 1. The second-order valence-corrected chi connectivity index (χ2v) is 8.53. The van der Waals surface area contributed by atoms with Crippen LogP contribution in [0.1, 0.15) is 11.1 Å². The summed E-state index contributed by atoms with van der Waals surface area (Å²) in [6, 6.07) is 13.7. The van der Waals surface area contributed by atoms with Crippen molar-refractivity contribution in [2.45, 2.75) is 11.4 Å². The number of hydrogen-bond donors (Lipinski definition) is 2. The number of sulfonamides is 1. The maximum Gasteiger partial charge on any atom is 0.267 e. The number of nitrogens with one attached hydrogen (secondary N) is 1. The van der Waals surface area contributed by atoms with E-state index in [-0.39, 0.29) is 18.3 Å². The maximum absolute atomic E-state index is 14.3. The molecule has 0 fully saturated rings. The Labute approximate surface area is 186 Å². The zero-order valence-corrected chi connectivity index (χ0v) is 17.5. The lowest BCUT2D eigenvalue weighted by Crippen LogP contribution is -2.31. The summed E-state index contributed by atoms with van der Waals surface area (Å²) in [6.45, 7) is -0.354. The van der Waals surface area contributed by atoms with Crippen LogP contribution in [0.15, 0.2) is 71.6 Å². The Morgan fingerprint density at radius 1 is 0.939 bits per heavy atom. The van der Waals surface area contributed by atoms with Crippen molar-refractivity contribution >= 4 is 27.7 Å². The van der Waals surface area contributed by atoms with Crippen molar-refractivity contribution in [2.24, 2.45) is 0 Å². The number of rotatable bonds is 7. The lowest BCUT2D eigenvalue weighted by atomic mass is 10.1. The number of anilines is 1. The molecule has 33 heavy (non-hydrogen) atoms. The molecule has 172 valence electrons. The highest BCUT2D eigenvalue weighted by Gasteiger charge is 2.32. The molecule has 0 atom stereocenters. The van der Waals surface area contributed by atoms with Crippen LogP contribution in [-0.2, 0) is 21.4 Å². The van der Waals surface area contributed by atoms with Crippen LogP contribution in [0.25, 0.3) is 6.08 Å². The number of halogens is 4. The molecule has 3 aromatic carbocycles. The highest BCUT2D eigenvalue weighted by atomic mass is 32.2. The summed E-state index contributed by atoms with van der Waals surface area (Å²) in [7, 11) is -4.86. The number of carbonyl (C=O) groups excluding carboxylic acids is 1. The van der Waals surface area contributed by atoms with Gasteiger partial charge in [-0.25, -0.2) is 31.5 Å². The van der Waals surface area contributed by atoms with E-state index in [0.717, 1.165) is 10.4 Å². The second kappa shape index (κ2) is 9.84. The molecule has 0 aliphatic heterocycles. The predicted molar refractivity (Wildman–Crippen MR) is 111 cm³/mol. The zero-order chi connectivity index (χ0) is 24.2. The minimum Gasteiger partial charge on any atom is -0.288 e. The van der Waals surface area contributed by atoms with E-state index in [2.05, 4.69) is 0 Å². The van der Waals surface area contributed by atoms with E-state index in [1.165, 1.54) is 48.0 Å². The fraction of sp³-hybridized carbons (Fsp3) is 0.0455. The molecule has 0 saturated carbocycles. The monoisotopic (exact) mass is 480 g/mol. The first-order valence-electron chi connectivity index (χ1n) is 9.27. The molecule has 3 rings (SSSR count). The minimum atomic E-state index is -4.86. The van der Waals surface area contributed by atoms with Gasteiger partial charge in [0, 0.05) is 12.1 Å².